The van der Waals surface area contributed by atoms with Crippen LogP contribution in [0.5, 0.6) is 0 Å². The average molecular weight is 362 g/mol. The normalized spacial score (nSPS) is 10.9. The highest BCUT2D eigenvalue weighted by Gasteiger charge is 2.17. The van der Waals surface area contributed by atoms with Crippen LogP contribution in [0.25, 0.3) is 5.69 Å². The molecule has 0 spiro atoms. The van der Waals surface area contributed by atoms with Crippen LogP contribution in [-0.4, -0.2) is 20.7 Å². The van der Waals surface area contributed by atoms with Crippen molar-refractivity contribution in [3.05, 3.63) is 81.4 Å². The van der Waals surface area contributed by atoms with Gasteiger partial charge in [-0.05, 0) is 61.2 Å². The predicted molar refractivity (Wildman–Crippen MR) is 106 cm³/mol. The third kappa shape index (κ3) is 3.95. The van der Waals surface area contributed by atoms with Gasteiger partial charge in [-0.25, -0.2) is 0 Å². The molecule has 1 N–H and O–H groups in total. The van der Waals surface area contributed by atoms with Gasteiger partial charge in [-0.3, -0.25) is 14.2 Å². The summed E-state index contributed by atoms with van der Waals surface area (Å²) in [5, 5.41) is 10.5. The Morgan fingerprint density at radius 2 is 1.85 bits per heavy atom. The second-order valence-electron chi connectivity index (χ2n) is 6.81. The molecule has 0 saturated carbocycles. The van der Waals surface area contributed by atoms with Gasteiger partial charge in [0.05, 0.1) is 5.69 Å². The van der Waals surface area contributed by atoms with Crippen molar-refractivity contribution in [3.63, 3.8) is 0 Å². The number of benzene rings is 1. The summed E-state index contributed by atoms with van der Waals surface area (Å²) in [5.41, 5.74) is 2.93. The van der Waals surface area contributed by atoms with Gasteiger partial charge in [-0.1, -0.05) is 26.0 Å². The van der Waals surface area contributed by atoms with Gasteiger partial charge in [0.2, 0.25) is 0 Å². The van der Waals surface area contributed by atoms with Gasteiger partial charge >= 0.3 is 0 Å². The second kappa shape index (κ2) is 7.53. The van der Waals surface area contributed by atoms with Crippen LogP contribution in [-0.2, 0) is 0 Å². The van der Waals surface area contributed by atoms with E-state index in [2.05, 4.69) is 29.4 Å². The molecule has 138 valence electrons. The standard InChI is InChI=1S/C21H22N4O2/c1-13(2)16-6-5-7-17(12-16)25-11-10-14(3)19(21(25)27)20(26)22-18-9-8-15(4)23-24-18/h5-13H,1-4H3,(H,22,24,26). The first-order chi connectivity index (χ1) is 12.9. The van der Waals surface area contributed by atoms with Crippen molar-refractivity contribution >= 4 is 11.7 Å². The van der Waals surface area contributed by atoms with Crippen molar-refractivity contribution in [2.75, 3.05) is 5.32 Å². The lowest BCUT2D eigenvalue weighted by atomic mass is 10.0. The van der Waals surface area contributed by atoms with Crippen LogP contribution in [0.2, 0.25) is 0 Å². The first-order valence-electron chi connectivity index (χ1n) is 8.81. The minimum Gasteiger partial charge on any atom is -0.305 e. The third-order valence-electron chi connectivity index (χ3n) is 4.38. The number of carbonyl (C=O) groups excluding carboxylic acids is 1. The van der Waals surface area contributed by atoms with Crippen molar-refractivity contribution in [2.24, 2.45) is 0 Å². The molecule has 0 bridgehead atoms. The number of pyridine rings is 1. The van der Waals surface area contributed by atoms with Crippen LogP contribution in [0.3, 0.4) is 0 Å². The third-order valence-corrected chi connectivity index (χ3v) is 4.38. The van der Waals surface area contributed by atoms with Crippen LogP contribution in [0.1, 0.15) is 46.9 Å². The smallest absolute Gasteiger partial charge is 0.268 e. The summed E-state index contributed by atoms with van der Waals surface area (Å²) in [6.45, 7) is 7.74. The van der Waals surface area contributed by atoms with E-state index in [-0.39, 0.29) is 11.1 Å². The van der Waals surface area contributed by atoms with E-state index in [4.69, 9.17) is 0 Å². The van der Waals surface area contributed by atoms with Gasteiger partial charge in [0.15, 0.2) is 5.82 Å². The van der Waals surface area contributed by atoms with Crippen LogP contribution in [0.4, 0.5) is 5.82 Å². The molecule has 1 amide bonds. The van der Waals surface area contributed by atoms with E-state index in [0.29, 0.717) is 17.3 Å². The van der Waals surface area contributed by atoms with E-state index in [1.54, 1.807) is 31.3 Å². The number of rotatable bonds is 4. The molecule has 2 heterocycles. The molecule has 0 aliphatic rings. The van der Waals surface area contributed by atoms with Crippen molar-refractivity contribution < 1.29 is 4.79 Å². The Labute approximate surface area is 157 Å². The lowest BCUT2D eigenvalue weighted by Crippen LogP contribution is -2.29. The van der Waals surface area contributed by atoms with Crippen LogP contribution < -0.4 is 10.9 Å². The molecule has 0 aliphatic carbocycles. The maximum Gasteiger partial charge on any atom is 0.268 e. The first-order valence-corrected chi connectivity index (χ1v) is 8.81. The summed E-state index contributed by atoms with van der Waals surface area (Å²) in [6, 6.07) is 12.9. The topological polar surface area (TPSA) is 76.9 Å². The van der Waals surface area contributed by atoms with Crippen LogP contribution in [0, 0.1) is 13.8 Å². The molecule has 0 atom stereocenters. The average Bonchev–Trinajstić information content (AvgIpc) is 2.64. The fourth-order valence-electron chi connectivity index (χ4n) is 2.78. The molecule has 1 aromatic carbocycles. The van der Waals surface area contributed by atoms with Crippen LogP contribution >= 0.6 is 0 Å². The van der Waals surface area contributed by atoms with E-state index < -0.39 is 5.91 Å². The summed E-state index contributed by atoms with van der Waals surface area (Å²) in [6.07, 6.45) is 1.69. The molecule has 3 aromatic rings. The minimum absolute atomic E-state index is 0.0924. The zero-order chi connectivity index (χ0) is 19.6. The van der Waals surface area contributed by atoms with Crippen LogP contribution in [0.15, 0.2) is 53.5 Å². The highest BCUT2D eigenvalue weighted by molar-refractivity contribution is 6.04. The highest BCUT2D eigenvalue weighted by atomic mass is 16.2. The molecular weight excluding hydrogens is 340 g/mol. The maximum absolute atomic E-state index is 13.0. The summed E-state index contributed by atoms with van der Waals surface area (Å²) in [5.74, 6) is 0.153. The number of hydrogen-bond donors (Lipinski definition) is 1. The molecule has 0 unspecified atom stereocenters. The van der Waals surface area contributed by atoms with E-state index in [1.165, 1.54) is 4.57 Å². The Bertz CT molecular complexity index is 1040. The first kappa shape index (κ1) is 18.5. The number of aryl methyl sites for hydroxylation is 2. The lowest BCUT2D eigenvalue weighted by Gasteiger charge is -2.13. The molecule has 0 radical (unpaired) electrons. The van der Waals surface area contributed by atoms with E-state index in [1.807, 2.05) is 31.2 Å². The fourth-order valence-corrected chi connectivity index (χ4v) is 2.78. The molecule has 0 fully saturated rings. The van der Waals surface area contributed by atoms with Crippen molar-refractivity contribution in [2.45, 2.75) is 33.6 Å². The van der Waals surface area contributed by atoms with Gasteiger partial charge in [-0.15, -0.1) is 5.10 Å². The Kier molecular flexibility index (Phi) is 5.16. The number of carbonyl (C=O) groups is 1. The number of nitrogens with one attached hydrogen (secondary N) is 1. The SMILES string of the molecule is Cc1ccc(NC(=O)c2c(C)ccn(-c3cccc(C(C)C)c3)c2=O)nn1. The summed E-state index contributed by atoms with van der Waals surface area (Å²) in [4.78, 5) is 25.7. The van der Waals surface area contributed by atoms with E-state index >= 15 is 0 Å². The van der Waals surface area contributed by atoms with E-state index in [9.17, 15) is 9.59 Å². The summed E-state index contributed by atoms with van der Waals surface area (Å²) in [7, 11) is 0. The zero-order valence-electron chi connectivity index (χ0n) is 15.9. The Morgan fingerprint density at radius 1 is 1.07 bits per heavy atom. The van der Waals surface area contributed by atoms with Crippen molar-refractivity contribution in [1.82, 2.24) is 14.8 Å². The fraction of sp³-hybridized carbons (Fsp3) is 0.238. The van der Waals surface area contributed by atoms with E-state index in [0.717, 1.165) is 16.9 Å². The van der Waals surface area contributed by atoms with Gasteiger partial charge < -0.3 is 5.32 Å². The molecule has 6 nitrogen and oxygen atoms in total. The molecule has 27 heavy (non-hydrogen) atoms. The molecule has 0 aliphatic heterocycles. The monoisotopic (exact) mass is 362 g/mol. The summed E-state index contributed by atoms with van der Waals surface area (Å²) >= 11 is 0. The van der Waals surface area contributed by atoms with Crippen molar-refractivity contribution in [3.8, 4) is 5.69 Å². The number of anilines is 1. The Hall–Kier alpha value is -3.28. The van der Waals surface area contributed by atoms with Gasteiger partial charge in [-0.2, -0.15) is 5.10 Å². The Balaban J connectivity index is 2.01. The maximum atomic E-state index is 13.0. The molecule has 0 saturated heterocycles. The molecule has 2 aromatic heterocycles. The Morgan fingerprint density at radius 3 is 2.52 bits per heavy atom. The summed E-state index contributed by atoms with van der Waals surface area (Å²) < 4.78 is 1.49. The molecule has 3 rings (SSSR count). The minimum atomic E-state index is -0.495. The zero-order valence-corrected chi connectivity index (χ0v) is 15.9. The second-order valence-corrected chi connectivity index (χ2v) is 6.81. The molecular formula is C21H22N4O2. The predicted octanol–water partition coefficient (Wildman–Crippen LogP) is 3.62. The van der Waals surface area contributed by atoms with Gasteiger partial charge in [0.1, 0.15) is 5.56 Å². The number of aromatic nitrogens is 3. The highest BCUT2D eigenvalue weighted by Crippen LogP contribution is 2.18. The molecule has 6 heteroatoms. The quantitative estimate of drug-likeness (QED) is 0.769. The van der Waals surface area contributed by atoms with Crippen molar-refractivity contribution in [1.29, 1.82) is 0 Å². The lowest BCUT2D eigenvalue weighted by molar-refractivity contribution is 0.102. The van der Waals surface area contributed by atoms with Gasteiger partial charge in [0, 0.05) is 11.9 Å². The largest absolute Gasteiger partial charge is 0.305 e. The number of hydrogen-bond acceptors (Lipinski definition) is 4. The van der Waals surface area contributed by atoms with Gasteiger partial charge in [0.25, 0.3) is 11.5 Å². The number of nitrogens with zero attached hydrogens (tertiary/aromatic N) is 3. The number of amides is 1.